The molecule has 2 aromatic carbocycles. The van der Waals surface area contributed by atoms with Gasteiger partial charge in [0.2, 0.25) is 5.91 Å². The maximum absolute atomic E-state index is 12.6. The number of amides is 2. The van der Waals surface area contributed by atoms with Crippen molar-refractivity contribution in [1.82, 2.24) is 10.7 Å². The Morgan fingerprint density at radius 3 is 2.63 bits per heavy atom. The molecule has 0 aliphatic carbocycles. The summed E-state index contributed by atoms with van der Waals surface area (Å²) in [6.45, 7) is 0.425. The maximum atomic E-state index is 12.6. The molecular weight excluding hydrogens is 346 g/mol. The third-order valence-corrected chi connectivity index (χ3v) is 4.50. The van der Waals surface area contributed by atoms with Crippen LogP contribution in [-0.2, 0) is 9.59 Å². The number of hydrazone groups is 1. The second-order valence-electron chi connectivity index (χ2n) is 6.06. The lowest BCUT2D eigenvalue weighted by molar-refractivity contribution is -0.133. The Morgan fingerprint density at radius 2 is 1.93 bits per heavy atom. The number of benzene rings is 2. The van der Waals surface area contributed by atoms with Gasteiger partial charge in [0.15, 0.2) is 11.5 Å². The Balaban J connectivity index is 1.73. The van der Waals surface area contributed by atoms with Crippen LogP contribution in [0, 0.1) is 5.92 Å². The van der Waals surface area contributed by atoms with E-state index in [1.165, 1.54) is 13.3 Å². The zero-order valence-electron chi connectivity index (χ0n) is 15.1. The zero-order chi connectivity index (χ0) is 19.2. The third kappa shape index (κ3) is 3.92. The van der Waals surface area contributed by atoms with Gasteiger partial charge in [0.1, 0.15) is 5.92 Å². The lowest BCUT2D eigenvalue weighted by Gasteiger charge is -2.15. The number of ether oxygens (including phenoxy) is 2. The molecule has 0 bridgehead atoms. The van der Waals surface area contributed by atoms with Gasteiger partial charge in [-0.15, -0.1) is 0 Å². The molecule has 2 aromatic rings. The van der Waals surface area contributed by atoms with Crippen molar-refractivity contribution in [2.24, 2.45) is 11.0 Å². The van der Waals surface area contributed by atoms with Gasteiger partial charge in [-0.25, -0.2) is 5.43 Å². The van der Waals surface area contributed by atoms with E-state index in [1.807, 2.05) is 30.3 Å². The van der Waals surface area contributed by atoms with E-state index in [2.05, 4.69) is 15.8 Å². The predicted octanol–water partition coefficient (Wildman–Crippen LogP) is 1.68. The van der Waals surface area contributed by atoms with Gasteiger partial charge in [-0.1, -0.05) is 36.4 Å². The van der Waals surface area contributed by atoms with Crippen LogP contribution < -0.4 is 20.2 Å². The van der Waals surface area contributed by atoms with Crippen molar-refractivity contribution in [3.8, 4) is 11.5 Å². The highest BCUT2D eigenvalue weighted by Crippen LogP contribution is 2.30. The molecule has 1 fully saturated rings. The monoisotopic (exact) mass is 367 g/mol. The van der Waals surface area contributed by atoms with Crippen molar-refractivity contribution in [3.63, 3.8) is 0 Å². The first-order valence-electron chi connectivity index (χ1n) is 8.52. The lowest BCUT2D eigenvalue weighted by Crippen LogP contribution is -2.34. The quantitative estimate of drug-likeness (QED) is 0.462. The van der Waals surface area contributed by atoms with Crippen molar-refractivity contribution in [2.45, 2.75) is 5.92 Å². The van der Waals surface area contributed by atoms with Crippen LogP contribution in [0.4, 0.5) is 0 Å². The fourth-order valence-electron chi connectivity index (χ4n) is 3.18. The number of para-hydroxylation sites is 1. The number of hydrogen-bond acceptors (Lipinski definition) is 5. The highest BCUT2D eigenvalue weighted by atomic mass is 16.5. The highest BCUT2D eigenvalue weighted by molar-refractivity contribution is 6.03. The number of carbonyl (C=O) groups is 2. The number of nitrogens with zero attached hydrogens (tertiary/aromatic N) is 1. The first-order chi connectivity index (χ1) is 13.2. The minimum atomic E-state index is -0.822. The molecule has 27 heavy (non-hydrogen) atoms. The standard InChI is InChI=1S/C20H21N3O4/c1-26-16-10-6-9-14(18(16)27-2)11-22-23-20(25)17-15(12-21-19(17)24)13-7-4-3-5-8-13/h3-11,15,17H,12H2,1-2H3,(H,21,24)(H,23,25)/b22-11-. The number of carbonyl (C=O) groups excluding carboxylic acids is 2. The van der Waals surface area contributed by atoms with Gasteiger partial charge in [0.25, 0.3) is 5.91 Å². The molecule has 3 rings (SSSR count). The Labute approximate surface area is 157 Å². The van der Waals surface area contributed by atoms with E-state index in [9.17, 15) is 9.59 Å². The molecule has 1 aliphatic rings. The second kappa shape index (κ2) is 8.35. The van der Waals surface area contributed by atoms with Crippen LogP contribution in [0.15, 0.2) is 53.6 Å². The van der Waals surface area contributed by atoms with Crippen molar-refractivity contribution < 1.29 is 19.1 Å². The summed E-state index contributed by atoms with van der Waals surface area (Å²) >= 11 is 0. The van der Waals surface area contributed by atoms with Crippen LogP contribution >= 0.6 is 0 Å². The summed E-state index contributed by atoms with van der Waals surface area (Å²) in [7, 11) is 3.07. The fourth-order valence-corrected chi connectivity index (χ4v) is 3.18. The summed E-state index contributed by atoms with van der Waals surface area (Å²) in [5.41, 5.74) is 4.05. The first kappa shape index (κ1) is 18.4. The lowest BCUT2D eigenvalue weighted by atomic mass is 9.88. The largest absolute Gasteiger partial charge is 0.493 e. The molecule has 2 atom stereocenters. The van der Waals surface area contributed by atoms with Crippen molar-refractivity contribution in [1.29, 1.82) is 0 Å². The van der Waals surface area contributed by atoms with Crippen LogP contribution in [0.1, 0.15) is 17.0 Å². The average Bonchev–Trinajstić information content (AvgIpc) is 3.09. The normalized spacial score (nSPS) is 19.0. The van der Waals surface area contributed by atoms with Crippen LogP contribution in [0.5, 0.6) is 11.5 Å². The predicted molar refractivity (Wildman–Crippen MR) is 101 cm³/mol. The summed E-state index contributed by atoms with van der Waals surface area (Å²) < 4.78 is 10.6. The molecule has 2 unspecified atom stereocenters. The summed E-state index contributed by atoms with van der Waals surface area (Å²) in [5, 5.41) is 6.74. The topological polar surface area (TPSA) is 89.0 Å². The van der Waals surface area contributed by atoms with Crippen LogP contribution in [0.2, 0.25) is 0 Å². The van der Waals surface area contributed by atoms with Crippen molar-refractivity contribution in [3.05, 3.63) is 59.7 Å². The molecule has 0 aromatic heterocycles. The molecule has 140 valence electrons. The average molecular weight is 367 g/mol. The fraction of sp³-hybridized carbons (Fsp3) is 0.250. The van der Waals surface area contributed by atoms with Crippen LogP contribution in [0.25, 0.3) is 0 Å². The Bertz CT molecular complexity index is 852. The SMILES string of the molecule is COc1cccc(/C=N\NC(=O)C2C(=O)NCC2c2ccccc2)c1OC. The van der Waals surface area contributed by atoms with Gasteiger partial charge in [0, 0.05) is 18.0 Å². The molecule has 7 nitrogen and oxygen atoms in total. The molecule has 2 N–H and O–H groups in total. The summed E-state index contributed by atoms with van der Waals surface area (Å²) in [6.07, 6.45) is 1.46. The van der Waals surface area contributed by atoms with Gasteiger partial charge in [-0.05, 0) is 17.7 Å². The molecule has 1 aliphatic heterocycles. The first-order valence-corrected chi connectivity index (χ1v) is 8.52. The van der Waals surface area contributed by atoms with E-state index in [1.54, 1.807) is 25.3 Å². The van der Waals surface area contributed by atoms with E-state index >= 15 is 0 Å². The highest BCUT2D eigenvalue weighted by Gasteiger charge is 2.40. The second-order valence-corrected chi connectivity index (χ2v) is 6.06. The molecule has 0 radical (unpaired) electrons. The number of nitrogens with one attached hydrogen (secondary N) is 2. The summed E-state index contributed by atoms with van der Waals surface area (Å²) in [5.74, 6) is -0.713. The smallest absolute Gasteiger partial charge is 0.253 e. The minimum absolute atomic E-state index is 0.222. The molecule has 7 heteroatoms. The van der Waals surface area contributed by atoms with E-state index in [-0.39, 0.29) is 11.8 Å². The number of methoxy groups -OCH3 is 2. The third-order valence-electron chi connectivity index (χ3n) is 4.50. The maximum Gasteiger partial charge on any atom is 0.253 e. The number of rotatable bonds is 6. The summed E-state index contributed by atoms with van der Waals surface area (Å²) in [4.78, 5) is 24.7. The van der Waals surface area contributed by atoms with Gasteiger partial charge in [-0.3, -0.25) is 9.59 Å². The van der Waals surface area contributed by atoms with E-state index in [4.69, 9.17) is 9.47 Å². The van der Waals surface area contributed by atoms with Gasteiger partial charge < -0.3 is 14.8 Å². The van der Waals surface area contributed by atoms with E-state index < -0.39 is 11.8 Å². The van der Waals surface area contributed by atoms with Crippen molar-refractivity contribution >= 4 is 18.0 Å². The van der Waals surface area contributed by atoms with Gasteiger partial charge >= 0.3 is 0 Å². The molecule has 1 heterocycles. The Hall–Kier alpha value is -3.35. The molecule has 0 spiro atoms. The van der Waals surface area contributed by atoms with Crippen LogP contribution in [0.3, 0.4) is 0 Å². The molecular formula is C20H21N3O4. The number of hydrogen-bond donors (Lipinski definition) is 2. The van der Waals surface area contributed by atoms with E-state index in [0.29, 0.717) is 23.6 Å². The van der Waals surface area contributed by atoms with Gasteiger partial charge in [0.05, 0.1) is 20.4 Å². The molecule has 1 saturated heterocycles. The van der Waals surface area contributed by atoms with Gasteiger partial charge in [-0.2, -0.15) is 5.10 Å². The minimum Gasteiger partial charge on any atom is -0.493 e. The van der Waals surface area contributed by atoms with Crippen LogP contribution in [-0.4, -0.2) is 38.8 Å². The Morgan fingerprint density at radius 1 is 1.15 bits per heavy atom. The Kier molecular flexibility index (Phi) is 5.71. The molecule has 0 saturated carbocycles. The zero-order valence-corrected chi connectivity index (χ0v) is 15.1. The van der Waals surface area contributed by atoms with Crippen molar-refractivity contribution in [2.75, 3.05) is 20.8 Å². The van der Waals surface area contributed by atoms with E-state index in [0.717, 1.165) is 5.56 Å². The summed E-state index contributed by atoms with van der Waals surface area (Å²) in [6, 6.07) is 14.8. The molecule has 2 amide bonds.